The Morgan fingerprint density at radius 3 is 2.89 bits per heavy atom. The molecule has 0 atom stereocenters. The topological polar surface area (TPSA) is 90.9 Å². The van der Waals surface area contributed by atoms with E-state index in [9.17, 15) is 0 Å². The Bertz CT molecular complexity index is 589. The monoisotopic (exact) mass is 240 g/mol. The second kappa shape index (κ2) is 5.12. The molecule has 1 heterocycles. The Morgan fingerprint density at radius 2 is 2.17 bits per heavy atom. The molecule has 1 aromatic heterocycles. The van der Waals surface area contributed by atoms with Gasteiger partial charge in [0.1, 0.15) is 18.0 Å². The zero-order valence-corrected chi connectivity index (χ0v) is 9.83. The number of benzene rings is 1. The highest BCUT2D eigenvalue weighted by Gasteiger charge is 2.07. The molecule has 0 radical (unpaired) electrons. The van der Waals surface area contributed by atoms with Crippen molar-refractivity contribution in [2.24, 2.45) is 5.84 Å². The number of hydrogen-bond donors (Lipinski definition) is 2. The van der Waals surface area contributed by atoms with E-state index in [2.05, 4.69) is 21.5 Å². The van der Waals surface area contributed by atoms with E-state index in [0.717, 1.165) is 5.69 Å². The van der Waals surface area contributed by atoms with E-state index in [-0.39, 0.29) is 0 Å². The van der Waals surface area contributed by atoms with Crippen molar-refractivity contribution in [3.8, 4) is 6.07 Å². The molecule has 0 spiro atoms. The predicted molar refractivity (Wildman–Crippen MR) is 69.1 cm³/mol. The third-order valence-corrected chi connectivity index (χ3v) is 2.51. The lowest BCUT2D eigenvalue weighted by Crippen LogP contribution is -2.14. The van der Waals surface area contributed by atoms with Gasteiger partial charge < -0.3 is 10.3 Å². The van der Waals surface area contributed by atoms with Gasteiger partial charge in [-0.1, -0.05) is 6.07 Å². The molecular weight excluding hydrogens is 228 g/mol. The number of nitrogens with zero attached hydrogens (tertiary/aromatic N) is 4. The molecule has 0 amide bonds. The molecule has 0 unspecified atom stereocenters. The molecule has 90 valence electrons. The molecule has 1 aromatic carbocycles. The van der Waals surface area contributed by atoms with Gasteiger partial charge in [-0.25, -0.2) is 15.8 Å². The van der Waals surface area contributed by atoms with Crippen LogP contribution in [0.25, 0.3) is 0 Å². The maximum Gasteiger partial charge on any atom is 0.145 e. The first-order valence-electron chi connectivity index (χ1n) is 5.27. The number of nitrogens with one attached hydrogen (secondary N) is 1. The van der Waals surface area contributed by atoms with Gasteiger partial charge in [0.25, 0.3) is 0 Å². The van der Waals surface area contributed by atoms with Gasteiger partial charge in [-0.2, -0.15) is 5.26 Å². The van der Waals surface area contributed by atoms with Gasteiger partial charge in [0.2, 0.25) is 0 Å². The molecule has 6 nitrogen and oxygen atoms in total. The highest BCUT2D eigenvalue weighted by molar-refractivity contribution is 5.62. The SMILES string of the molecule is CN(c1cccc(C#N)c1)c1cc(NN)ncn1. The minimum absolute atomic E-state index is 0.531. The van der Waals surface area contributed by atoms with Crippen LogP contribution in [0.3, 0.4) is 0 Å². The van der Waals surface area contributed by atoms with Crippen molar-refractivity contribution in [3.05, 3.63) is 42.2 Å². The summed E-state index contributed by atoms with van der Waals surface area (Å²) in [6.07, 6.45) is 1.43. The van der Waals surface area contributed by atoms with E-state index in [1.165, 1.54) is 6.33 Å². The van der Waals surface area contributed by atoms with E-state index in [4.69, 9.17) is 11.1 Å². The van der Waals surface area contributed by atoms with Crippen molar-refractivity contribution in [1.82, 2.24) is 9.97 Å². The second-order valence-electron chi connectivity index (χ2n) is 3.63. The number of rotatable bonds is 3. The van der Waals surface area contributed by atoms with Crippen LogP contribution in [-0.4, -0.2) is 17.0 Å². The Hall–Kier alpha value is -2.65. The quantitative estimate of drug-likeness (QED) is 0.622. The number of anilines is 3. The van der Waals surface area contributed by atoms with Crippen LogP contribution in [0.1, 0.15) is 5.56 Å². The van der Waals surface area contributed by atoms with Crippen LogP contribution < -0.4 is 16.2 Å². The average Bonchev–Trinajstić information content (AvgIpc) is 2.46. The molecule has 0 saturated heterocycles. The summed E-state index contributed by atoms with van der Waals surface area (Å²) < 4.78 is 0. The Kier molecular flexibility index (Phi) is 3.36. The van der Waals surface area contributed by atoms with Crippen LogP contribution in [0.2, 0.25) is 0 Å². The first kappa shape index (κ1) is 11.8. The van der Waals surface area contributed by atoms with Crippen LogP contribution >= 0.6 is 0 Å². The Morgan fingerprint density at radius 1 is 1.33 bits per heavy atom. The lowest BCUT2D eigenvalue weighted by atomic mass is 10.2. The standard InChI is InChI=1S/C12H12N6/c1-18(10-4-2-3-9(5-10)7-13)12-6-11(17-14)15-8-16-12/h2-6,8H,14H2,1H3,(H,15,16,17). The number of hydrogen-bond acceptors (Lipinski definition) is 6. The zero-order valence-electron chi connectivity index (χ0n) is 9.83. The highest BCUT2D eigenvalue weighted by Crippen LogP contribution is 2.23. The third-order valence-electron chi connectivity index (χ3n) is 2.51. The number of nitriles is 1. The van der Waals surface area contributed by atoms with Crippen LogP contribution in [0.15, 0.2) is 36.7 Å². The molecule has 0 aliphatic heterocycles. The van der Waals surface area contributed by atoms with Crippen LogP contribution in [0.5, 0.6) is 0 Å². The summed E-state index contributed by atoms with van der Waals surface area (Å²) in [5.74, 6) is 6.52. The Labute approximate surface area is 105 Å². The molecule has 2 aromatic rings. The minimum Gasteiger partial charge on any atom is -0.329 e. The largest absolute Gasteiger partial charge is 0.329 e. The van der Waals surface area contributed by atoms with Gasteiger partial charge in [0, 0.05) is 18.8 Å². The molecular formula is C12H12N6. The number of aromatic nitrogens is 2. The van der Waals surface area contributed by atoms with Crippen molar-refractivity contribution in [3.63, 3.8) is 0 Å². The number of nitrogen functional groups attached to an aromatic ring is 1. The summed E-state index contributed by atoms with van der Waals surface area (Å²) in [5, 5.41) is 8.88. The first-order chi connectivity index (χ1) is 8.74. The first-order valence-corrected chi connectivity index (χ1v) is 5.27. The van der Waals surface area contributed by atoms with Crippen molar-refractivity contribution in [2.45, 2.75) is 0 Å². The molecule has 0 aliphatic carbocycles. The Balaban J connectivity index is 2.35. The van der Waals surface area contributed by atoms with Gasteiger partial charge in [0.15, 0.2) is 0 Å². The fourth-order valence-corrected chi connectivity index (χ4v) is 1.53. The van der Waals surface area contributed by atoms with Gasteiger partial charge in [-0.05, 0) is 18.2 Å². The lowest BCUT2D eigenvalue weighted by molar-refractivity contribution is 1.07. The van der Waals surface area contributed by atoms with Crippen molar-refractivity contribution in [1.29, 1.82) is 5.26 Å². The van der Waals surface area contributed by atoms with E-state index < -0.39 is 0 Å². The molecule has 0 fully saturated rings. The molecule has 18 heavy (non-hydrogen) atoms. The van der Waals surface area contributed by atoms with Crippen molar-refractivity contribution in [2.75, 3.05) is 17.4 Å². The van der Waals surface area contributed by atoms with Crippen molar-refractivity contribution >= 4 is 17.3 Å². The summed E-state index contributed by atoms with van der Waals surface area (Å²) in [6.45, 7) is 0. The van der Waals surface area contributed by atoms with Gasteiger partial charge in [-0.3, -0.25) is 0 Å². The highest BCUT2D eigenvalue weighted by atomic mass is 15.3. The van der Waals surface area contributed by atoms with E-state index in [1.807, 2.05) is 24.1 Å². The summed E-state index contributed by atoms with van der Waals surface area (Å²) >= 11 is 0. The summed E-state index contributed by atoms with van der Waals surface area (Å²) in [5.41, 5.74) is 3.94. The van der Waals surface area contributed by atoms with Gasteiger partial charge >= 0.3 is 0 Å². The predicted octanol–water partition coefficient (Wildman–Crippen LogP) is 1.40. The molecule has 2 rings (SSSR count). The van der Waals surface area contributed by atoms with Crippen LogP contribution in [-0.2, 0) is 0 Å². The zero-order chi connectivity index (χ0) is 13.0. The van der Waals surface area contributed by atoms with Crippen molar-refractivity contribution < 1.29 is 0 Å². The van der Waals surface area contributed by atoms with E-state index >= 15 is 0 Å². The van der Waals surface area contributed by atoms with Gasteiger partial charge in [0.05, 0.1) is 11.6 Å². The molecule has 0 aliphatic rings. The maximum atomic E-state index is 8.88. The van der Waals surface area contributed by atoms with Crippen LogP contribution in [0, 0.1) is 11.3 Å². The lowest BCUT2D eigenvalue weighted by Gasteiger charge is -2.18. The molecule has 0 bridgehead atoms. The van der Waals surface area contributed by atoms with Crippen LogP contribution in [0.4, 0.5) is 17.3 Å². The smallest absolute Gasteiger partial charge is 0.145 e. The number of nitrogens with two attached hydrogens (primary N) is 1. The second-order valence-corrected chi connectivity index (χ2v) is 3.63. The fourth-order valence-electron chi connectivity index (χ4n) is 1.53. The molecule has 3 N–H and O–H groups in total. The maximum absolute atomic E-state index is 8.88. The van der Waals surface area contributed by atoms with E-state index in [1.54, 1.807) is 18.2 Å². The minimum atomic E-state index is 0.531. The summed E-state index contributed by atoms with van der Waals surface area (Å²) in [4.78, 5) is 9.95. The molecule has 6 heteroatoms. The normalized spacial score (nSPS) is 9.61. The van der Waals surface area contributed by atoms with Gasteiger partial charge in [-0.15, -0.1) is 0 Å². The fraction of sp³-hybridized carbons (Fsp3) is 0.0833. The summed E-state index contributed by atoms with van der Waals surface area (Å²) in [6, 6.07) is 11.1. The van der Waals surface area contributed by atoms with E-state index in [0.29, 0.717) is 17.2 Å². The molecule has 0 saturated carbocycles. The average molecular weight is 240 g/mol. The summed E-state index contributed by atoms with van der Waals surface area (Å²) in [7, 11) is 1.86. The third kappa shape index (κ3) is 2.36. The number of hydrazine groups is 1.